The lowest BCUT2D eigenvalue weighted by molar-refractivity contribution is -0.128. The summed E-state index contributed by atoms with van der Waals surface area (Å²) < 4.78 is 26.2. The average molecular weight is 578 g/mol. The molecule has 0 saturated carbocycles. The molecule has 0 unspecified atom stereocenters. The topological polar surface area (TPSA) is 71.0 Å². The minimum Gasteiger partial charge on any atom is -0.462 e. The third-order valence-electron chi connectivity index (χ3n) is 8.23. The van der Waals surface area contributed by atoms with Crippen LogP contribution in [-0.2, 0) is 11.2 Å². The van der Waals surface area contributed by atoms with Crippen molar-refractivity contribution in [2.75, 3.05) is 51.3 Å². The molecule has 0 spiro atoms. The van der Waals surface area contributed by atoms with Crippen LogP contribution in [0.15, 0.2) is 54.4 Å². The van der Waals surface area contributed by atoms with Gasteiger partial charge >= 0.3 is 6.01 Å². The number of allylic oxidation sites excluding steroid dienone is 1. The van der Waals surface area contributed by atoms with Gasteiger partial charge in [0.15, 0.2) is 5.83 Å². The summed E-state index contributed by atoms with van der Waals surface area (Å²) in [7, 11) is 2.10. The number of piperazine rings is 1. The van der Waals surface area contributed by atoms with E-state index in [0.717, 1.165) is 52.6 Å². The Bertz CT molecular complexity index is 1550. The van der Waals surface area contributed by atoms with Gasteiger partial charge in [0.2, 0.25) is 5.88 Å². The quantitative estimate of drug-likeness (QED) is 0.370. The molecule has 4 heterocycles. The average Bonchev–Trinajstić information content (AvgIpc) is 3.39. The summed E-state index contributed by atoms with van der Waals surface area (Å²) in [5.41, 5.74) is 2.79. The summed E-state index contributed by atoms with van der Waals surface area (Å²) in [6, 6.07) is 12.5. The number of ether oxygens (including phenoxy) is 2. The fourth-order valence-electron chi connectivity index (χ4n) is 5.95. The second-order valence-corrected chi connectivity index (χ2v) is 11.3. The number of nitrogens with zero attached hydrogens (tertiary/aromatic N) is 5. The molecule has 41 heavy (non-hydrogen) atoms. The predicted octanol–water partition coefficient (Wildman–Crippen LogP) is 5.25. The highest BCUT2D eigenvalue weighted by molar-refractivity contribution is 6.36. The van der Waals surface area contributed by atoms with Crippen molar-refractivity contribution in [2.24, 2.45) is 0 Å². The minimum absolute atomic E-state index is 0.254. The molecule has 0 N–H and O–H groups in total. The molecule has 3 aliphatic rings. The van der Waals surface area contributed by atoms with Crippen LogP contribution in [0, 0.1) is 0 Å². The summed E-state index contributed by atoms with van der Waals surface area (Å²) >= 11 is 6.66. The van der Waals surface area contributed by atoms with Crippen molar-refractivity contribution in [1.82, 2.24) is 19.8 Å². The van der Waals surface area contributed by atoms with Crippen LogP contribution in [-0.4, -0.2) is 78.1 Å². The van der Waals surface area contributed by atoms with Gasteiger partial charge in [-0.25, -0.2) is 4.39 Å². The van der Waals surface area contributed by atoms with Gasteiger partial charge in [0.05, 0.1) is 5.56 Å². The first-order chi connectivity index (χ1) is 19.8. The summed E-state index contributed by atoms with van der Waals surface area (Å²) in [4.78, 5) is 27.6. The maximum Gasteiger partial charge on any atom is 0.321 e. The van der Waals surface area contributed by atoms with Gasteiger partial charge in [-0.15, -0.1) is 0 Å². The molecule has 3 aromatic rings. The number of likely N-dealkylation sites (N-methyl/N-ethyl adjacent to an activating group) is 1. The van der Waals surface area contributed by atoms with Gasteiger partial charge in [-0.2, -0.15) is 9.97 Å². The zero-order chi connectivity index (χ0) is 28.7. The molecule has 2 saturated heterocycles. The lowest BCUT2D eigenvalue weighted by Gasteiger charge is -2.36. The lowest BCUT2D eigenvalue weighted by atomic mass is 9.96. The molecule has 2 aromatic carbocycles. The second-order valence-electron chi connectivity index (χ2n) is 10.9. The van der Waals surface area contributed by atoms with Gasteiger partial charge < -0.3 is 24.2 Å². The first kappa shape index (κ1) is 27.5. The lowest BCUT2D eigenvalue weighted by Crippen LogP contribution is -2.49. The van der Waals surface area contributed by atoms with Crippen molar-refractivity contribution in [2.45, 2.75) is 32.2 Å². The van der Waals surface area contributed by atoms with Crippen molar-refractivity contribution in [1.29, 1.82) is 0 Å². The SMILES string of the molecule is C=C(F)C(=O)N1CCN(c2nc(OC[C@@H]3CCCN3C)nc3c2CC(C)=C(c2cccc4cccc(Cl)c24)O3)CC1. The zero-order valence-electron chi connectivity index (χ0n) is 23.3. The molecule has 0 bridgehead atoms. The summed E-state index contributed by atoms with van der Waals surface area (Å²) in [6.45, 7) is 8.42. The standard InChI is InChI=1S/C31H33ClFN5O3/c1-19-17-24-28(37-13-15-38(16-14-37)30(39)20(2)33)34-31(40-18-22-9-6-12-36(22)3)35-29(24)41-27(19)23-10-4-7-21-8-5-11-25(32)26(21)23/h4-5,7-8,10-11,22H,2,6,9,12-18H2,1,3H3/t22-/m0/s1. The number of amides is 1. The molecule has 1 amide bonds. The first-order valence-corrected chi connectivity index (χ1v) is 14.4. The van der Waals surface area contributed by atoms with Crippen molar-refractivity contribution in [3.8, 4) is 11.9 Å². The molecule has 0 aliphatic carbocycles. The number of rotatable bonds is 6. The summed E-state index contributed by atoms with van der Waals surface area (Å²) in [5.74, 6) is 0.273. The smallest absolute Gasteiger partial charge is 0.321 e. The Kier molecular flexibility index (Phi) is 7.57. The third-order valence-corrected chi connectivity index (χ3v) is 8.54. The Hall–Kier alpha value is -3.69. The van der Waals surface area contributed by atoms with E-state index < -0.39 is 11.7 Å². The number of hydrogen-bond donors (Lipinski definition) is 0. The second kappa shape index (κ2) is 11.3. The normalized spacial score (nSPS) is 19.4. The first-order valence-electron chi connectivity index (χ1n) is 14.0. The van der Waals surface area contributed by atoms with Crippen molar-refractivity contribution in [3.05, 3.63) is 70.5 Å². The molecule has 3 aliphatic heterocycles. The van der Waals surface area contributed by atoms with E-state index in [-0.39, 0.29) is 6.01 Å². The van der Waals surface area contributed by atoms with Gasteiger partial charge in [-0.05, 0) is 50.4 Å². The molecule has 1 atom stereocenters. The van der Waals surface area contributed by atoms with Crippen LogP contribution in [0.2, 0.25) is 5.02 Å². The van der Waals surface area contributed by atoms with Gasteiger partial charge in [0.1, 0.15) is 18.2 Å². The van der Waals surface area contributed by atoms with E-state index in [0.29, 0.717) is 62.0 Å². The number of benzene rings is 2. The number of halogens is 2. The maximum atomic E-state index is 13.5. The molecule has 0 radical (unpaired) electrons. The van der Waals surface area contributed by atoms with Crippen LogP contribution in [0.1, 0.15) is 30.9 Å². The van der Waals surface area contributed by atoms with Gasteiger partial charge in [-0.1, -0.05) is 48.5 Å². The van der Waals surface area contributed by atoms with Gasteiger partial charge in [0, 0.05) is 54.6 Å². The zero-order valence-corrected chi connectivity index (χ0v) is 24.1. The molecule has 6 rings (SSSR count). The molecular weight excluding hydrogens is 545 g/mol. The molecular formula is C31H33ClFN5O3. The molecule has 8 nitrogen and oxygen atoms in total. The van der Waals surface area contributed by atoms with Crippen LogP contribution in [0.5, 0.6) is 11.9 Å². The maximum absolute atomic E-state index is 13.5. The number of hydrogen-bond acceptors (Lipinski definition) is 7. The van der Waals surface area contributed by atoms with Crippen LogP contribution in [0.4, 0.5) is 10.2 Å². The van der Waals surface area contributed by atoms with E-state index in [1.165, 1.54) is 4.90 Å². The van der Waals surface area contributed by atoms with Crippen molar-refractivity contribution in [3.63, 3.8) is 0 Å². The molecule has 1 aromatic heterocycles. The number of anilines is 1. The summed E-state index contributed by atoms with van der Waals surface area (Å²) in [6.07, 6.45) is 2.78. The molecule has 2 fully saturated rings. The Balaban J connectivity index is 1.35. The van der Waals surface area contributed by atoms with E-state index in [1.54, 1.807) is 0 Å². The van der Waals surface area contributed by atoms with E-state index >= 15 is 0 Å². The third kappa shape index (κ3) is 5.36. The van der Waals surface area contributed by atoms with Crippen LogP contribution in [0.3, 0.4) is 0 Å². The highest BCUT2D eigenvalue weighted by Gasteiger charge is 2.31. The Labute approximate surface area is 244 Å². The monoisotopic (exact) mass is 577 g/mol. The van der Waals surface area contributed by atoms with E-state index in [9.17, 15) is 9.18 Å². The number of carbonyl (C=O) groups excluding carboxylic acids is 1. The fourth-order valence-corrected chi connectivity index (χ4v) is 6.23. The number of likely N-dealkylation sites (tertiary alicyclic amines) is 1. The van der Waals surface area contributed by atoms with E-state index in [2.05, 4.69) is 23.4 Å². The van der Waals surface area contributed by atoms with Crippen molar-refractivity contribution >= 4 is 39.9 Å². The summed E-state index contributed by atoms with van der Waals surface area (Å²) in [5, 5.41) is 2.62. The molecule has 214 valence electrons. The minimum atomic E-state index is -0.944. The van der Waals surface area contributed by atoms with Crippen LogP contribution < -0.4 is 14.4 Å². The predicted molar refractivity (Wildman–Crippen MR) is 158 cm³/mol. The fraction of sp³-hybridized carbons (Fsp3) is 0.387. The number of carbonyl (C=O) groups is 1. The van der Waals surface area contributed by atoms with Crippen LogP contribution in [0.25, 0.3) is 16.5 Å². The Morgan fingerprint density at radius 3 is 2.61 bits per heavy atom. The Morgan fingerprint density at radius 2 is 1.90 bits per heavy atom. The Morgan fingerprint density at radius 1 is 1.15 bits per heavy atom. The molecule has 10 heteroatoms. The van der Waals surface area contributed by atoms with Crippen molar-refractivity contribution < 1.29 is 18.7 Å². The van der Waals surface area contributed by atoms with E-state index in [1.807, 2.05) is 43.3 Å². The van der Waals surface area contributed by atoms with Gasteiger partial charge in [0.25, 0.3) is 5.91 Å². The highest BCUT2D eigenvalue weighted by atomic mass is 35.5. The van der Waals surface area contributed by atoms with Crippen LogP contribution >= 0.6 is 11.6 Å². The van der Waals surface area contributed by atoms with Gasteiger partial charge in [-0.3, -0.25) is 4.79 Å². The number of aromatic nitrogens is 2. The van der Waals surface area contributed by atoms with E-state index in [4.69, 9.17) is 31.0 Å². The largest absolute Gasteiger partial charge is 0.462 e. The number of fused-ring (bicyclic) bond motifs is 2. The highest BCUT2D eigenvalue weighted by Crippen LogP contribution is 2.41.